The van der Waals surface area contributed by atoms with Crippen LogP contribution in [0.2, 0.25) is 0 Å². The first kappa shape index (κ1) is 19.5. The number of hydrogen-bond acceptors (Lipinski definition) is 6. The Kier molecular flexibility index (Phi) is 7.74. The Morgan fingerprint density at radius 2 is 1.67 bits per heavy atom. The van der Waals surface area contributed by atoms with E-state index in [9.17, 15) is 14.4 Å². The maximum Gasteiger partial charge on any atom is 0.407 e. The van der Waals surface area contributed by atoms with Gasteiger partial charge in [0.25, 0.3) is 0 Å². The van der Waals surface area contributed by atoms with Gasteiger partial charge in [0, 0.05) is 6.54 Å². The number of ether oxygens (including phenoxy) is 3. The fourth-order valence-electron chi connectivity index (χ4n) is 1.62. The second kappa shape index (κ2) is 9.54. The lowest BCUT2D eigenvalue weighted by molar-refractivity contribution is -0.166. The van der Waals surface area contributed by atoms with Crippen LogP contribution in [0, 0.1) is 0 Å². The molecule has 1 aromatic rings. The number of alkyl carbamates (subject to hydrolysis) is 1. The molecule has 0 saturated heterocycles. The second-order valence-electron chi connectivity index (χ2n) is 5.99. The van der Waals surface area contributed by atoms with Crippen molar-refractivity contribution < 1.29 is 28.6 Å². The van der Waals surface area contributed by atoms with Crippen LogP contribution in [-0.2, 0) is 30.4 Å². The Labute approximate surface area is 141 Å². The molecule has 1 amide bonds. The van der Waals surface area contributed by atoms with Crippen LogP contribution >= 0.6 is 0 Å². The summed E-state index contributed by atoms with van der Waals surface area (Å²) in [7, 11) is 0. The van der Waals surface area contributed by atoms with Crippen LogP contribution in [-0.4, -0.2) is 36.8 Å². The second-order valence-corrected chi connectivity index (χ2v) is 5.99. The molecule has 24 heavy (non-hydrogen) atoms. The molecule has 0 bridgehead atoms. The smallest absolute Gasteiger partial charge is 0.407 e. The molecule has 0 unspecified atom stereocenters. The Hall–Kier alpha value is -2.57. The molecule has 1 N–H and O–H groups in total. The third-order valence-corrected chi connectivity index (χ3v) is 2.58. The standard InChI is InChI=1S/C17H23NO6/c1-17(2,3)24-15(20)12-22-14(19)9-10-18-16(21)23-11-13-7-5-4-6-8-13/h4-8H,9-12H2,1-3H3,(H,18,21). The summed E-state index contributed by atoms with van der Waals surface area (Å²) in [5.41, 5.74) is 0.234. The van der Waals surface area contributed by atoms with E-state index in [1.165, 1.54) is 0 Å². The summed E-state index contributed by atoms with van der Waals surface area (Å²) >= 11 is 0. The highest BCUT2D eigenvalue weighted by atomic mass is 16.6. The third-order valence-electron chi connectivity index (χ3n) is 2.58. The number of benzene rings is 1. The lowest BCUT2D eigenvalue weighted by Gasteiger charge is -2.19. The molecule has 1 aromatic carbocycles. The van der Waals surface area contributed by atoms with Crippen LogP contribution in [0.15, 0.2) is 30.3 Å². The summed E-state index contributed by atoms with van der Waals surface area (Å²) in [4.78, 5) is 34.3. The van der Waals surface area contributed by atoms with Gasteiger partial charge in [-0.25, -0.2) is 9.59 Å². The van der Waals surface area contributed by atoms with E-state index in [-0.39, 0.29) is 19.6 Å². The van der Waals surface area contributed by atoms with E-state index in [1.807, 2.05) is 30.3 Å². The van der Waals surface area contributed by atoms with Gasteiger partial charge in [-0.05, 0) is 26.3 Å². The molecule has 0 aliphatic carbocycles. The molecule has 0 aromatic heterocycles. The predicted molar refractivity (Wildman–Crippen MR) is 86.1 cm³/mol. The van der Waals surface area contributed by atoms with Crippen molar-refractivity contribution in [3.05, 3.63) is 35.9 Å². The first-order valence-corrected chi connectivity index (χ1v) is 7.58. The molecule has 0 heterocycles. The van der Waals surface area contributed by atoms with E-state index in [0.717, 1.165) is 5.56 Å². The van der Waals surface area contributed by atoms with Gasteiger partial charge in [0.05, 0.1) is 6.42 Å². The van der Waals surface area contributed by atoms with Crippen LogP contribution in [0.3, 0.4) is 0 Å². The van der Waals surface area contributed by atoms with Gasteiger partial charge >= 0.3 is 18.0 Å². The van der Waals surface area contributed by atoms with Gasteiger partial charge in [0.2, 0.25) is 0 Å². The van der Waals surface area contributed by atoms with E-state index in [0.29, 0.717) is 0 Å². The first-order valence-electron chi connectivity index (χ1n) is 7.58. The first-order chi connectivity index (χ1) is 11.3. The number of carbonyl (C=O) groups is 3. The Bertz CT molecular complexity index is 550. The van der Waals surface area contributed by atoms with Gasteiger partial charge in [0.15, 0.2) is 6.61 Å². The SMILES string of the molecule is CC(C)(C)OC(=O)COC(=O)CCNC(=O)OCc1ccccc1. The maximum atomic E-state index is 11.5. The van der Waals surface area contributed by atoms with Gasteiger partial charge in [-0.3, -0.25) is 4.79 Å². The monoisotopic (exact) mass is 337 g/mol. The largest absolute Gasteiger partial charge is 0.457 e. The zero-order valence-electron chi connectivity index (χ0n) is 14.2. The number of amides is 1. The molecule has 0 aliphatic rings. The number of nitrogens with one attached hydrogen (secondary N) is 1. The van der Waals surface area contributed by atoms with E-state index in [4.69, 9.17) is 14.2 Å². The predicted octanol–water partition coefficient (Wildman–Crippen LogP) is 2.19. The molecule has 0 atom stereocenters. The van der Waals surface area contributed by atoms with E-state index < -0.39 is 30.2 Å². The van der Waals surface area contributed by atoms with Crippen molar-refractivity contribution in [2.24, 2.45) is 0 Å². The average Bonchev–Trinajstić information content (AvgIpc) is 2.50. The normalized spacial score (nSPS) is 10.6. The van der Waals surface area contributed by atoms with Gasteiger partial charge in [-0.2, -0.15) is 0 Å². The summed E-state index contributed by atoms with van der Waals surface area (Å²) < 4.78 is 14.7. The van der Waals surface area contributed by atoms with Crippen molar-refractivity contribution in [2.75, 3.05) is 13.2 Å². The zero-order chi connectivity index (χ0) is 18.0. The zero-order valence-corrected chi connectivity index (χ0v) is 14.2. The molecule has 132 valence electrons. The van der Waals surface area contributed by atoms with Crippen LogP contribution in [0.4, 0.5) is 4.79 Å². The lowest BCUT2D eigenvalue weighted by atomic mass is 10.2. The highest BCUT2D eigenvalue weighted by molar-refractivity contribution is 5.77. The topological polar surface area (TPSA) is 90.9 Å². The molecule has 0 radical (unpaired) electrons. The maximum absolute atomic E-state index is 11.5. The van der Waals surface area contributed by atoms with E-state index in [1.54, 1.807) is 20.8 Å². The van der Waals surface area contributed by atoms with Crippen LogP contribution < -0.4 is 5.32 Å². The van der Waals surface area contributed by atoms with Crippen molar-refractivity contribution in [3.63, 3.8) is 0 Å². The fraction of sp³-hybridized carbons (Fsp3) is 0.471. The highest BCUT2D eigenvalue weighted by Gasteiger charge is 2.17. The van der Waals surface area contributed by atoms with Gasteiger partial charge in [0.1, 0.15) is 12.2 Å². The van der Waals surface area contributed by atoms with Gasteiger partial charge < -0.3 is 19.5 Å². The molecule has 7 nitrogen and oxygen atoms in total. The minimum Gasteiger partial charge on any atom is -0.457 e. The molecule has 0 fully saturated rings. The average molecular weight is 337 g/mol. The number of rotatable bonds is 7. The number of hydrogen-bond donors (Lipinski definition) is 1. The summed E-state index contributed by atoms with van der Waals surface area (Å²) in [6, 6.07) is 9.23. The van der Waals surface area contributed by atoms with Crippen molar-refractivity contribution >= 4 is 18.0 Å². The van der Waals surface area contributed by atoms with Crippen LogP contribution in [0.1, 0.15) is 32.8 Å². The van der Waals surface area contributed by atoms with Gasteiger partial charge in [-0.1, -0.05) is 30.3 Å². The van der Waals surface area contributed by atoms with Crippen molar-refractivity contribution in [1.29, 1.82) is 0 Å². The Morgan fingerprint density at radius 3 is 2.29 bits per heavy atom. The van der Waals surface area contributed by atoms with Crippen LogP contribution in [0.5, 0.6) is 0 Å². The summed E-state index contributed by atoms with van der Waals surface area (Å²) in [6.07, 6.45) is -0.692. The van der Waals surface area contributed by atoms with E-state index in [2.05, 4.69) is 5.32 Å². The number of carbonyl (C=O) groups excluding carboxylic acids is 3. The highest BCUT2D eigenvalue weighted by Crippen LogP contribution is 2.06. The summed E-state index contributed by atoms with van der Waals surface area (Å²) in [5, 5.41) is 2.43. The fourth-order valence-corrected chi connectivity index (χ4v) is 1.62. The molecule has 1 rings (SSSR count). The Balaban J connectivity index is 2.12. The van der Waals surface area contributed by atoms with Gasteiger partial charge in [-0.15, -0.1) is 0 Å². The minimum absolute atomic E-state index is 0.0563. The third kappa shape index (κ3) is 9.45. The molecular formula is C17H23NO6. The van der Waals surface area contributed by atoms with Crippen molar-refractivity contribution in [2.45, 2.75) is 39.4 Å². The molecule has 0 aliphatic heterocycles. The van der Waals surface area contributed by atoms with Crippen molar-refractivity contribution in [3.8, 4) is 0 Å². The lowest BCUT2D eigenvalue weighted by Crippen LogP contribution is -2.29. The molecule has 0 spiro atoms. The quantitative estimate of drug-likeness (QED) is 0.606. The summed E-state index contributed by atoms with van der Waals surface area (Å²) in [5.74, 6) is -1.23. The van der Waals surface area contributed by atoms with E-state index >= 15 is 0 Å². The number of esters is 2. The molecule has 0 saturated carbocycles. The Morgan fingerprint density at radius 1 is 1.00 bits per heavy atom. The summed E-state index contributed by atoms with van der Waals surface area (Å²) in [6.45, 7) is 4.91. The molecule has 7 heteroatoms. The van der Waals surface area contributed by atoms with Crippen LogP contribution in [0.25, 0.3) is 0 Å². The molecular weight excluding hydrogens is 314 g/mol. The minimum atomic E-state index is -0.631. The van der Waals surface area contributed by atoms with Crippen molar-refractivity contribution in [1.82, 2.24) is 5.32 Å².